The minimum absolute atomic E-state index is 0.970. The van der Waals surface area contributed by atoms with Crippen molar-refractivity contribution >= 4 is 33.2 Å². The molecular weight excluding hydrogens is 234 g/mol. The highest BCUT2D eigenvalue weighted by Crippen LogP contribution is 2.29. The van der Waals surface area contributed by atoms with Gasteiger partial charge in [-0.2, -0.15) is 0 Å². The van der Waals surface area contributed by atoms with E-state index in [9.17, 15) is 0 Å². The number of allylic oxidation sites excluding steroid dienone is 2. The van der Waals surface area contributed by atoms with Gasteiger partial charge in [-0.1, -0.05) is 12.1 Å². The van der Waals surface area contributed by atoms with Crippen LogP contribution in [0.1, 0.15) is 4.88 Å². The zero-order chi connectivity index (χ0) is 10.8. The molecule has 0 atom stereocenters. The summed E-state index contributed by atoms with van der Waals surface area (Å²) in [7, 11) is 0. The van der Waals surface area contributed by atoms with Gasteiger partial charge >= 0.3 is 0 Å². The Morgan fingerprint density at radius 2 is 1.94 bits per heavy atom. The van der Waals surface area contributed by atoms with E-state index in [1.807, 2.05) is 0 Å². The first-order valence-corrected chi connectivity index (χ1v) is 6.91. The van der Waals surface area contributed by atoms with Gasteiger partial charge in [-0.25, -0.2) is 0 Å². The van der Waals surface area contributed by atoms with Crippen LogP contribution in [0.5, 0.6) is 0 Å². The van der Waals surface area contributed by atoms with Gasteiger partial charge in [0, 0.05) is 17.6 Å². The normalized spacial score (nSPS) is 15.2. The molecule has 1 nitrogen and oxygen atoms in total. The fraction of sp³-hybridized carbons (Fsp3) is 0.0769. The van der Waals surface area contributed by atoms with Gasteiger partial charge in [-0.3, -0.25) is 0 Å². The Hall–Kier alpha value is -1.32. The predicted octanol–water partition coefficient (Wildman–Crippen LogP) is 4.23. The summed E-state index contributed by atoms with van der Waals surface area (Å²) in [6, 6.07) is 8.54. The van der Waals surface area contributed by atoms with E-state index < -0.39 is 0 Å². The molecular formula is C13H11NS2. The average Bonchev–Trinajstić information content (AvgIpc) is 3.03. The molecule has 1 aliphatic heterocycles. The molecule has 0 saturated carbocycles. The van der Waals surface area contributed by atoms with E-state index >= 15 is 0 Å². The van der Waals surface area contributed by atoms with Crippen molar-refractivity contribution in [2.24, 2.45) is 0 Å². The lowest BCUT2D eigenvalue weighted by molar-refractivity contribution is 1.11. The summed E-state index contributed by atoms with van der Waals surface area (Å²) < 4.78 is 0. The SMILES string of the molecule is C1=CN(c2cccs2)CC(c2cccs2)=C1. The van der Waals surface area contributed by atoms with E-state index in [1.54, 1.807) is 22.7 Å². The molecule has 80 valence electrons. The molecule has 0 spiro atoms. The quantitative estimate of drug-likeness (QED) is 0.765. The molecule has 0 saturated heterocycles. The van der Waals surface area contributed by atoms with Crippen molar-refractivity contribution in [3.8, 4) is 0 Å². The number of thiophene rings is 2. The number of nitrogens with zero attached hydrogens (tertiary/aromatic N) is 1. The van der Waals surface area contributed by atoms with Crippen molar-refractivity contribution in [2.45, 2.75) is 0 Å². The lowest BCUT2D eigenvalue weighted by Crippen LogP contribution is -2.19. The molecule has 0 aromatic carbocycles. The first-order chi connectivity index (χ1) is 7.93. The Labute approximate surface area is 103 Å². The molecule has 2 aromatic rings. The third-order valence-corrected chi connectivity index (χ3v) is 4.38. The molecule has 3 heteroatoms. The minimum atomic E-state index is 0.970. The summed E-state index contributed by atoms with van der Waals surface area (Å²) in [6.45, 7) is 0.970. The number of anilines is 1. The highest BCUT2D eigenvalue weighted by molar-refractivity contribution is 7.14. The van der Waals surface area contributed by atoms with Gasteiger partial charge < -0.3 is 4.90 Å². The van der Waals surface area contributed by atoms with Crippen LogP contribution in [0.15, 0.2) is 53.4 Å². The second kappa shape index (κ2) is 4.28. The van der Waals surface area contributed by atoms with Crippen molar-refractivity contribution in [3.05, 3.63) is 58.3 Å². The molecule has 0 unspecified atom stereocenters. The molecule has 0 amide bonds. The molecule has 3 heterocycles. The van der Waals surface area contributed by atoms with Crippen molar-refractivity contribution in [1.29, 1.82) is 0 Å². The zero-order valence-corrected chi connectivity index (χ0v) is 10.3. The molecule has 0 N–H and O–H groups in total. The number of hydrogen-bond donors (Lipinski definition) is 0. The summed E-state index contributed by atoms with van der Waals surface area (Å²) >= 11 is 3.58. The van der Waals surface area contributed by atoms with Crippen molar-refractivity contribution in [1.82, 2.24) is 0 Å². The second-order valence-corrected chi connectivity index (χ2v) is 5.46. The second-order valence-electron chi connectivity index (χ2n) is 3.59. The zero-order valence-electron chi connectivity index (χ0n) is 8.67. The van der Waals surface area contributed by atoms with Crippen LogP contribution in [0.4, 0.5) is 5.00 Å². The Balaban J connectivity index is 1.85. The van der Waals surface area contributed by atoms with Crippen LogP contribution in [-0.2, 0) is 0 Å². The first-order valence-electron chi connectivity index (χ1n) is 5.15. The van der Waals surface area contributed by atoms with E-state index in [4.69, 9.17) is 0 Å². The van der Waals surface area contributed by atoms with Crippen LogP contribution in [0.2, 0.25) is 0 Å². The van der Waals surface area contributed by atoms with Crippen molar-refractivity contribution in [2.75, 3.05) is 11.4 Å². The highest BCUT2D eigenvalue weighted by Gasteiger charge is 2.12. The van der Waals surface area contributed by atoms with Gasteiger partial charge in [0.05, 0.1) is 5.00 Å². The Morgan fingerprint density at radius 3 is 2.69 bits per heavy atom. The van der Waals surface area contributed by atoms with E-state index in [-0.39, 0.29) is 0 Å². The van der Waals surface area contributed by atoms with Gasteiger partial charge in [-0.15, -0.1) is 22.7 Å². The Kier molecular flexibility index (Phi) is 2.64. The summed E-state index contributed by atoms with van der Waals surface area (Å²) in [4.78, 5) is 3.66. The van der Waals surface area contributed by atoms with Crippen LogP contribution in [0, 0.1) is 0 Å². The molecule has 1 aliphatic rings. The first kappa shape index (κ1) is 9.87. The molecule has 16 heavy (non-hydrogen) atoms. The fourth-order valence-electron chi connectivity index (χ4n) is 1.76. The monoisotopic (exact) mass is 245 g/mol. The molecule has 0 bridgehead atoms. The number of hydrogen-bond acceptors (Lipinski definition) is 3. The largest absolute Gasteiger partial charge is 0.335 e. The van der Waals surface area contributed by atoms with Gasteiger partial charge in [0.2, 0.25) is 0 Å². The Morgan fingerprint density at radius 1 is 1.06 bits per heavy atom. The predicted molar refractivity (Wildman–Crippen MR) is 73.1 cm³/mol. The third-order valence-electron chi connectivity index (χ3n) is 2.53. The maximum absolute atomic E-state index is 2.29. The summed E-state index contributed by atoms with van der Waals surface area (Å²) in [5, 5.41) is 5.55. The molecule has 0 fully saturated rings. The van der Waals surface area contributed by atoms with Gasteiger partial charge in [-0.05, 0) is 40.6 Å². The van der Waals surface area contributed by atoms with Crippen LogP contribution in [-0.4, -0.2) is 6.54 Å². The Bertz CT molecular complexity index is 506. The summed E-state index contributed by atoms with van der Waals surface area (Å²) in [5.41, 5.74) is 1.39. The van der Waals surface area contributed by atoms with Crippen LogP contribution in [0.25, 0.3) is 5.57 Å². The summed E-state index contributed by atoms with van der Waals surface area (Å²) in [6.07, 6.45) is 6.47. The topological polar surface area (TPSA) is 3.24 Å². The van der Waals surface area contributed by atoms with Crippen LogP contribution in [0.3, 0.4) is 0 Å². The molecule has 2 aromatic heterocycles. The van der Waals surface area contributed by atoms with E-state index in [2.05, 4.69) is 58.3 Å². The van der Waals surface area contributed by atoms with E-state index in [0.29, 0.717) is 0 Å². The van der Waals surface area contributed by atoms with Gasteiger partial charge in [0.1, 0.15) is 0 Å². The molecule has 3 rings (SSSR count). The fourth-order valence-corrected chi connectivity index (χ4v) is 3.22. The highest BCUT2D eigenvalue weighted by atomic mass is 32.1. The lowest BCUT2D eigenvalue weighted by atomic mass is 10.1. The standard InChI is InChI=1S/C13H11NS2/c1-4-11(12-5-2-8-15-12)10-14(7-1)13-6-3-9-16-13/h1-9H,10H2. The van der Waals surface area contributed by atoms with Crippen LogP contribution >= 0.6 is 22.7 Å². The maximum atomic E-state index is 2.29. The van der Waals surface area contributed by atoms with Crippen molar-refractivity contribution in [3.63, 3.8) is 0 Å². The average molecular weight is 245 g/mol. The molecule has 0 radical (unpaired) electrons. The third kappa shape index (κ3) is 1.84. The smallest absolute Gasteiger partial charge is 0.0951 e. The number of rotatable bonds is 2. The van der Waals surface area contributed by atoms with Crippen molar-refractivity contribution < 1.29 is 0 Å². The van der Waals surface area contributed by atoms with Crippen LogP contribution < -0.4 is 4.90 Å². The van der Waals surface area contributed by atoms with Gasteiger partial charge in [0.15, 0.2) is 0 Å². The summed E-state index contributed by atoms with van der Waals surface area (Å²) in [5.74, 6) is 0. The van der Waals surface area contributed by atoms with E-state index in [0.717, 1.165) is 6.54 Å². The lowest BCUT2D eigenvalue weighted by Gasteiger charge is -2.22. The molecule has 0 aliphatic carbocycles. The maximum Gasteiger partial charge on any atom is 0.0951 e. The van der Waals surface area contributed by atoms with Gasteiger partial charge in [0.25, 0.3) is 0 Å². The minimum Gasteiger partial charge on any atom is -0.335 e. The van der Waals surface area contributed by atoms with E-state index in [1.165, 1.54) is 15.5 Å².